The van der Waals surface area contributed by atoms with Crippen LogP contribution in [-0.4, -0.2) is 36.7 Å². The molecule has 122 valence electrons. The first-order valence-corrected chi connectivity index (χ1v) is 7.08. The summed E-state index contributed by atoms with van der Waals surface area (Å²) in [5.74, 6) is -1.00. The Balaban J connectivity index is 2.30. The van der Waals surface area contributed by atoms with Gasteiger partial charge in [-0.15, -0.1) is 0 Å². The molecule has 2 aromatic rings. The van der Waals surface area contributed by atoms with Crippen LogP contribution in [0.4, 0.5) is 5.82 Å². The lowest BCUT2D eigenvalue weighted by atomic mass is 10.3. The van der Waals surface area contributed by atoms with Gasteiger partial charge in [0.05, 0.1) is 12.1 Å². The van der Waals surface area contributed by atoms with Gasteiger partial charge in [-0.05, 0) is 13.3 Å². The number of H-pyrrole nitrogens is 1. The molecule has 0 bridgehead atoms. The molecule has 0 unspecified atom stereocenters. The number of carbonyl (C=O) groups excluding carboxylic acids is 1. The van der Waals surface area contributed by atoms with E-state index < -0.39 is 11.9 Å². The Hall–Kier alpha value is -2.97. The van der Waals surface area contributed by atoms with Crippen molar-refractivity contribution in [3.8, 4) is 5.95 Å². The van der Waals surface area contributed by atoms with Crippen molar-refractivity contribution in [2.75, 3.05) is 5.32 Å². The van der Waals surface area contributed by atoms with Gasteiger partial charge in [0.15, 0.2) is 0 Å². The summed E-state index contributed by atoms with van der Waals surface area (Å²) in [5, 5.41) is 15.4. The van der Waals surface area contributed by atoms with Gasteiger partial charge in [0.1, 0.15) is 5.82 Å². The van der Waals surface area contributed by atoms with Crippen LogP contribution in [0.25, 0.3) is 5.95 Å². The van der Waals surface area contributed by atoms with Crippen LogP contribution in [0.15, 0.2) is 16.9 Å². The number of carboxylic acids is 1. The molecule has 0 radical (unpaired) electrons. The van der Waals surface area contributed by atoms with Crippen LogP contribution >= 0.6 is 0 Å². The zero-order valence-electron chi connectivity index (χ0n) is 12.8. The number of hydrogen-bond donors (Lipinski definition) is 3. The summed E-state index contributed by atoms with van der Waals surface area (Å²) in [6.07, 6.45) is 0.162. The minimum atomic E-state index is -1.05. The highest BCUT2D eigenvalue weighted by Crippen LogP contribution is 2.14. The molecule has 0 atom stereocenters. The van der Waals surface area contributed by atoms with Gasteiger partial charge in [-0.1, -0.05) is 6.92 Å². The summed E-state index contributed by atoms with van der Waals surface area (Å²) >= 11 is 0. The number of carbonyl (C=O) groups is 2. The molecule has 2 aromatic heterocycles. The molecule has 0 saturated heterocycles. The van der Waals surface area contributed by atoms with Crippen LogP contribution < -0.4 is 10.9 Å². The van der Waals surface area contributed by atoms with E-state index in [1.807, 2.05) is 6.92 Å². The van der Waals surface area contributed by atoms with Crippen molar-refractivity contribution in [1.29, 1.82) is 0 Å². The van der Waals surface area contributed by atoms with E-state index in [1.54, 1.807) is 13.0 Å². The van der Waals surface area contributed by atoms with Gasteiger partial charge >= 0.3 is 5.97 Å². The van der Waals surface area contributed by atoms with E-state index in [0.717, 1.165) is 0 Å². The summed E-state index contributed by atoms with van der Waals surface area (Å²) in [4.78, 5) is 40.8. The first kappa shape index (κ1) is 16.4. The molecule has 0 spiro atoms. The second-order valence-electron chi connectivity index (χ2n) is 4.94. The molecule has 1 amide bonds. The monoisotopic (exact) mass is 319 g/mol. The van der Waals surface area contributed by atoms with Crippen LogP contribution in [0.5, 0.6) is 0 Å². The molecule has 0 aromatic carbocycles. The number of amides is 1. The maximum Gasteiger partial charge on any atom is 0.303 e. The summed E-state index contributed by atoms with van der Waals surface area (Å²) in [6.45, 7) is 3.60. The summed E-state index contributed by atoms with van der Waals surface area (Å²) < 4.78 is 1.31. The van der Waals surface area contributed by atoms with Crippen molar-refractivity contribution < 1.29 is 14.7 Å². The van der Waals surface area contributed by atoms with Crippen molar-refractivity contribution in [2.45, 2.75) is 33.1 Å². The normalized spacial score (nSPS) is 10.5. The summed E-state index contributed by atoms with van der Waals surface area (Å²) in [6, 6.07) is 3.00. The number of aromatic nitrogens is 4. The number of aryl methyl sites for hydroxylation is 2. The molecule has 2 heterocycles. The number of nitrogens with zero attached hydrogens (tertiary/aromatic N) is 3. The minimum Gasteiger partial charge on any atom is -0.481 e. The fourth-order valence-corrected chi connectivity index (χ4v) is 1.95. The third-order valence-corrected chi connectivity index (χ3v) is 3.01. The zero-order valence-corrected chi connectivity index (χ0v) is 12.8. The van der Waals surface area contributed by atoms with Crippen molar-refractivity contribution in [3.63, 3.8) is 0 Å². The zero-order chi connectivity index (χ0) is 17.0. The summed E-state index contributed by atoms with van der Waals surface area (Å²) in [5.41, 5.74) is 0.895. The van der Waals surface area contributed by atoms with Gasteiger partial charge in [0.2, 0.25) is 11.9 Å². The smallest absolute Gasteiger partial charge is 0.303 e. The van der Waals surface area contributed by atoms with E-state index in [9.17, 15) is 14.4 Å². The first-order valence-electron chi connectivity index (χ1n) is 7.08. The van der Waals surface area contributed by atoms with Crippen molar-refractivity contribution in [3.05, 3.63) is 33.9 Å². The topological polar surface area (TPSA) is 130 Å². The lowest BCUT2D eigenvalue weighted by Gasteiger charge is -2.08. The Morgan fingerprint density at radius 1 is 1.35 bits per heavy atom. The third-order valence-electron chi connectivity index (χ3n) is 3.01. The average Bonchev–Trinajstić information content (AvgIpc) is 2.85. The van der Waals surface area contributed by atoms with Gasteiger partial charge < -0.3 is 10.4 Å². The molecule has 0 aliphatic carbocycles. The van der Waals surface area contributed by atoms with Crippen molar-refractivity contribution in [1.82, 2.24) is 19.7 Å². The molecule has 0 saturated carbocycles. The quantitative estimate of drug-likeness (QED) is 0.716. The van der Waals surface area contributed by atoms with Gasteiger partial charge in [0, 0.05) is 24.2 Å². The third kappa shape index (κ3) is 4.25. The highest BCUT2D eigenvalue weighted by Gasteiger charge is 2.14. The fourth-order valence-electron chi connectivity index (χ4n) is 1.95. The second kappa shape index (κ2) is 6.86. The molecule has 0 aliphatic heterocycles. The molecule has 0 fully saturated rings. The maximum absolute atomic E-state index is 11.8. The van der Waals surface area contributed by atoms with Gasteiger partial charge in [0.25, 0.3) is 5.56 Å². The Kier molecular flexibility index (Phi) is 4.89. The highest BCUT2D eigenvalue weighted by atomic mass is 16.4. The number of aromatic amines is 1. The Morgan fingerprint density at radius 2 is 2.09 bits per heavy atom. The number of anilines is 1. The molecule has 23 heavy (non-hydrogen) atoms. The number of carboxylic acid groups (broad SMARTS) is 1. The van der Waals surface area contributed by atoms with E-state index in [0.29, 0.717) is 23.6 Å². The van der Waals surface area contributed by atoms with E-state index >= 15 is 0 Å². The first-order chi connectivity index (χ1) is 10.9. The lowest BCUT2D eigenvalue weighted by molar-refractivity contribution is -0.138. The molecule has 9 nitrogen and oxygen atoms in total. The Morgan fingerprint density at radius 3 is 2.74 bits per heavy atom. The second-order valence-corrected chi connectivity index (χ2v) is 4.94. The molecular formula is C14H17N5O4. The van der Waals surface area contributed by atoms with Crippen molar-refractivity contribution in [2.24, 2.45) is 0 Å². The van der Waals surface area contributed by atoms with E-state index in [2.05, 4.69) is 20.4 Å². The number of hydrogen-bond acceptors (Lipinski definition) is 5. The predicted molar refractivity (Wildman–Crippen MR) is 81.6 cm³/mol. The van der Waals surface area contributed by atoms with E-state index in [-0.39, 0.29) is 24.3 Å². The summed E-state index contributed by atoms with van der Waals surface area (Å²) in [7, 11) is 0. The molecule has 3 N–H and O–H groups in total. The van der Waals surface area contributed by atoms with Crippen LogP contribution in [0.2, 0.25) is 0 Å². The Bertz CT molecular complexity index is 793. The maximum atomic E-state index is 11.8. The van der Waals surface area contributed by atoms with Gasteiger partial charge in [-0.3, -0.25) is 19.4 Å². The largest absolute Gasteiger partial charge is 0.481 e. The van der Waals surface area contributed by atoms with Crippen LogP contribution in [0.1, 0.15) is 31.2 Å². The fraction of sp³-hybridized carbons (Fsp3) is 0.357. The molecular weight excluding hydrogens is 302 g/mol. The Labute approximate surface area is 131 Å². The standard InChI is InChI=1S/C14H17N5O4/c1-3-9-7-12(21)17-14(15-9)19-10(6-8(2)18-19)16-11(20)4-5-13(22)23/h6-7H,3-5H2,1-2H3,(H,16,20)(H,22,23)(H,15,17,21). The van der Waals surface area contributed by atoms with Gasteiger partial charge in [-0.25, -0.2) is 4.98 Å². The van der Waals surface area contributed by atoms with Crippen LogP contribution in [0.3, 0.4) is 0 Å². The van der Waals surface area contributed by atoms with Gasteiger partial charge in [-0.2, -0.15) is 9.78 Å². The molecule has 0 aliphatic rings. The molecule has 9 heteroatoms. The SMILES string of the molecule is CCc1cc(=O)[nH]c(-n2nc(C)cc2NC(=O)CCC(=O)O)n1. The number of nitrogens with one attached hydrogen (secondary N) is 2. The van der Waals surface area contributed by atoms with Crippen LogP contribution in [0, 0.1) is 6.92 Å². The average molecular weight is 319 g/mol. The number of rotatable bonds is 6. The predicted octanol–water partition coefficient (Wildman–Crippen LogP) is 0.630. The number of aliphatic carboxylic acids is 1. The molecule has 2 rings (SSSR count). The highest BCUT2D eigenvalue weighted by molar-refractivity contribution is 5.91. The van der Waals surface area contributed by atoms with Crippen LogP contribution in [-0.2, 0) is 16.0 Å². The van der Waals surface area contributed by atoms with Crippen molar-refractivity contribution >= 4 is 17.7 Å². The lowest BCUT2D eigenvalue weighted by Crippen LogP contribution is -2.19. The van der Waals surface area contributed by atoms with E-state index in [4.69, 9.17) is 5.11 Å². The van der Waals surface area contributed by atoms with E-state index in [1.165, 1.54) is 10.7 Å². The minimum absolute atomic E-state index is 0.154.